The molecule has 1 aromatic rings. The van der Waals surface area contributed by atoms with Crippen LogP contribution in [0.1, 0.15) is 25.5 Å². The number of nitrogens with one attached hydrogen (secondary N) is 1. The molecule has 0 fully saturated rings. The van der Waals surface area contributed by atoms with Crippen molar-refractivity contribution in [1.82, 2.24) is 5.32 Å². The van der Waals surface area contributed by atoms with Gasteiger partial charge in [-0.25, -0.2) is 4.39 Å². The molecule has 0 spiro atoms. The van der Waals surface area contributed by atoms with Crippen molar-refractivity contribution in [3.63, 3.8) is 0 Å². The lowest BCUT2D eigenvalue weighted by atomic mass is 9.92. The zero-order valence-corrected chi connectivity index (χ0v) is 11.0. The summed E-state index contributed by atoms with van der Waals surface area (Å²) < 4.78 is 19.9. The van der Waals surface area contributed by atoms with E-state index in [1.54, 1.807) is 0 Å². The van der Waals surface area contributed by atoms with E-state index >= 15 is 0 Å². The first-order valence-corrected chi connectivity index (χ1v) is 6.28. The van der Waals surface area contributed by atoms with E-state index in [-0.39, 0.29) is 11.9 Å². The fraction of sp³-hybridized carbons (Fsp3) is 0.500. The summed E-state index contributed by atoms with van der Waals surface area (Å²) in [6, 6.07) is 3.54. The summed E-state index contributed by atoms with van der Waals surface area (Å²) in [6.07, 6.45) is 0. The van der Waals surface area contributed by atoms with Crippen LogP contribution in [0, 0.1) is 11.7 Å². The van der Waals surface area contributed by atoms with E-state index in [0.717, 1.165) is 16.6 Å². The van der Waals surface area contributed by atoms with Gasteiger partial charge in [-0.05, 0) is 18.7 Å². The van der Waals surface area contributed by atoms with Crippen LogP contribution in [0.25, 0.3) is 0 Å². The Hall–Kier alpha value is -0.610. The molecule has 0 bridgehead atoms. The predicted octanol–water partition coefficient (Wildman–Crippen LogP) is 3.27. The van der Waals surface area contributed by atoms with Crippen LogP contribution in [0.3, 0.4) is 0 Å². The Morgan fingerprint density at radius 1 is 1.56 bits per heavy atom. The highest BCUT2D eigenvalue weighted by Gasteiger charge is 2.29. The second kappa shape index (κ2) is 4.72. The van der Waals surface area contributed by atoms with Gasteiger partial charge in [0.05, 0.1) is 6.61 Å². The Labute approximate surface area is 103 Å². The van der Waals surface area contributed by atoms with E-state index in [0.29, 0.717) is 18.3 Å². The molecule has 0 radical (unpaired) electrons. The summed E-state index contributed by atoms with van der Waals surface area (Å²) in [5, 5.41) is 3.38. The summed E-state index contributed by atoms with van der Waals surface area (Å²) in [4.78, 5) is 0. The third-order valence-corrected chi connectivity index (χ3v) is 3.31. The lowest BCUT2D eigenvalue weighted by molar-refractivity contribution is 0.182. The van der Waals surface area contributed by atoms with Gasteiger partial charge in [-0.15, -0.1) is 0 Å². The van der Waals surface area contributed by atoms with Crippen LogP contribution in [0.2, 0.25) is 0 Å². The van der Waals surface area contributed by atoms with Crippen molar-refractivity contribution >= 4 is 15.9 Å². The smallest absolute Gasteiger partial charge is 0.166 e. The summed E-state index contributed by atoms with van der Waals surface area (Å²) >= 11 is 3.32. The molecule has 16 heavy (non-hydrogen) atoms. The van der Waals surface area contributed by atoms with Crippen molar-refractivity contribution in [3.8, 4) is 5.75 Å². The lowest BCUT2D eigenvalue weighted by Gasteiger charge is -2.32. The molecule has 0 aromatic heterocycles. The summed E-state index contributed by atoms with van der Waals surface area (Å²) in [5.74, 6) is 0.451. The maximum absolute atomic E-state index is 13.7. The fourth-order valence-corrected chi connectivity index (χ4v) is 2.56. The van der Waals surface area contributed by atoms with Gasteiger partial charge in [0, 0.05) is 22.0 Å². The number of halogens is 2. The van der Waals surface area contributed by atoms with Crippen LogP contribution in [-0.4, -0.2) is 13.2 Å². The highest BCUT2D eigenvalue weighted by atomic mass is 79.9. The van der Waals surface area contributed by atoms with E-state index in [4.69, 9.17) is 4.74 Å². The number of benzene rings is 1. The van der Waals surface area contributed by atoms with Gasteiger partial charge < -0.3 is 10.1 Å². The molecule has 0 saturated carbocycles. The van der Waals surface area contributed by atoms with Gasteiger partial charge in [0.15, 0.2) is 11.6 Å². The van der Waals surface area contributed by atoms with Crippen molar-refractivity contribution in [2.45, 2.75) is 19.9 Å². The van der Waals surface area contributed by atoms with E-state index in [1.165, 1.54) is 6.07 Å². The Bertz CT molecular complexity index is 397. The number of hydrogen-bond acceptors (Lipinski definition) is 2. The molecule has 0 amide bonds. The van der Waals surface area contributed by atoms with Crippen molar-refractivity contribution in [1.29, 1.82) is 0 Å². The van der Waals surface area contributed by atoms with Crippen molar-refractivity contribution in [3.05, 3.63) is 28.0 Å². The molecule has 4 heteroatoms. The Morgan fingerprint density at radius 3 is 3.00 bits per heavy atom. The molecule has 2 atom stereocenters. The first-order chi connectivity index (χ1) is 7.63. The maximum atomic E-state index is 13.7. The molecule has 88 valence electrons. The highest BCUT2D eigenvalue weighted by Crippen LogP contribution is 2.38. The zero-order valence-electron chi connectivity index (χ0n) is 9.39. The molecular weight excluding hydrogens is 273 g/mol. The average molecular weight is 288 g/mol. The summed E-state index contributed by atoms with van der Waals surface area (Å²) in [5.41, 5.74) is 0.910. The van der Waals surface area contributed by atoms with Gasteiger partial charge in [-0.2, -0.15) is 0 Å². The summed E-state index contributed by atoms with van der Waals surface area (Å²) in [6.45, 7) is 5.58. The van der Waals surface area contributed by atoms with Crippen LogP contribution >= 0.6 is 15.9 Å². The topological polar surface area (TPSA) is 21.3 Å². The largest absolute Gasteiger partial charge is 0.490 e. The molecule has 1 aliphatic heterocycles. The third kappa shape index (κ3) is 2.09. The minimum absolute atomic E-state index is 0.167. The van der Waals surface area contributed by atoms with Crippen LogP contribution < -0.4 is 10.1 Å². The normalized spacial score (nSPS) is 23.8. The van der Waals surface area contributed by atoms with E-state index in [2.05, 4.69) is 35.1 Å². The fourth-order valence-electron chi connectivity index (χ4n) is 2.11. The molecule has 0 aliphatic carbocycles. The second-order valence-corrected chi connectivity index (χ2v) is 5.05. The van der Waals surface area contributed by atoms with E-state index < -0.39 is 0 Å². The number of ether oxygens (including phenoxy) is 1. The van der Waals surface area contributed by atoms with Crippen LogP contribution in [0.4, 0.5) is 4.39 Å². The molecule has 2 nitrogen and oxygen atoms in total. The molecule has 1 heterocycles. The van der Waals surface area contributed by atoms with Crippen LogP contribution in [0.5, 0.6) is 5.75 Å². The number of rotatable bonds is 2. The minimum Gasteiger partial charge on any atom is -0.490 e. The van der Waals surface area contributed by atoms with Gasteiger partial charge in [0.25, 0.3) is 0 Å². The third-order valence-electron chi connectivity index (χ3n) is 2.86. The molecule has 0 saturated heterocycles. The molecule has 1 aliphatic rings. The average Bonchev–Trinajstić information content (AvgIpc) is 2.22. The quantitative estimate of drug-likeness (QED) is 0.902. The SMILES string of the molecule is CCNC1c2cc(Br)cc(F)c2OCC1C. The van der Waals surface area contributed by atoms with Crippen molar-refractivity contribution in [2.75, 3.05) is 13.2 Å². The van der Waals surface area contributed by atoms with Crippen molar-refractivity contribution in [2.24, 2.45) is 5.92 Å². The van der Waals surface area contributed by atoms with Gasteiger partial charge in [0.1, 0.15) is 0 Å². The Kier molecular flexibility index (Phi) is 3.50. The monoisotopic (exact) mass is 287 g/mol. The standard InChI is InChI=1S/C12H15BrFNO/c1-3-15-11-7(2)6-16-12-9(11)4-8(13)5-10(12)14/h4-5,7,11,15H,3,6H2,1-2H3. The molecule has 1 N–H and O–H groups in total. The highest BCUT2D eigenvalue weighted by molar-refractivity contribution is 9.10. The summed E-state index contributed by atoms with van der Waals surface area (Å²) in [7, 11) is 0. The van der Waals surface area contributed by atoms with E-state index in [9.17, 15) is 4.39 Å². The lowest BCUT2D eigenvalue weighted by Crippen LogP contribution is -2.34. The predicted molar refractivity (Wildman–Crippen MR) is 65.2 cm³/mol. The Balaban J connectivity index is 2.45. The van der Waals surface area contributed by atoms with Gasteiger partial charge in [-0.1, -0.05) is 29.8 Å². The number of fused-ring (bicyclic) bond motifs is 1. The van der Waals surface area contributed by atoms with Gasteiger partial charge in [0.2, 0.25) is 0 Å². The first-order valence-electron chi connectivity index (χ1n) is 5.48. The molecule has 2 rings (SSSR count). The van der Waals surface area contributed by atoms with E-state index in [1.807, 2.05) is 6.07 Å². The first kappa shape index (κ1) is 11.9. The van der Waals surface area contributed by atoms with Crippen LogP contribution in [-0.2, 0) is 0 Å². The molecular formula is C12H15BrFNO. The van der Waals surface area contributed by atoms with Crippen molar-refractivity contribution < 1.29 is 9.13 Å². The van der Waals surface area contributed by atoms with Gasteiger partial charge >= 0.3 is 0 Å². The molecule has 1 aromatic carbocycles. The maximum Gasteiger partial charge on any atom is 0.166 e. The number of hydrogen-bond donors (Lipinski definition) is 1. The second-order valence-electron chi connectivity index (χ2n) is 4.13. The minimum atomic E-state index is -0.292. The molecule has 2 unspecified atom stereocenters. The van der Waals surface area contributed by atoms with Crippen LogP contribution in [0.15, 0.2) is 16.6 Å². The Morgan fingerprint density at radius 2 is 2.31 bits per heavy atom. The zero-order chi connectivity index (χ0) is 11.7. The van der Waals surface area contributed by atoms with Gasteiger partial charge in [-0.3, -0.25) is 0 Å².